The normalized spacial score (nSPS) is 11.9. The third-order valence-corrected chi connectivity index (χ3v) is 6.26. The van der Waals surface area contributed by atoms with E-state index >= 15 is 0 Å². The predicted molar refractivity (Wildman–Crippen MR) is 134 cm³/mol. The molecule has 0 unspecified atom stereocenters. The van der Waals surface area contributed by atoms with Crippen LogP contribution in [0.3, 0.4) is 0 Å². The van der Waals surface area contributed by atoms with Gasteiger partial charge in [-0.15, -0.1) is 0 Å². The van der Waals surface area contributed by atoms with Crippen LogP contribution in [-0.4, -0.2) is 19.6 Å². The molecule has 0 saturated carbocycles. The fourth-order valence-electron chi connectivity index (χ4n) is 4.69. The van der Waals surface area contributed by atoms with Crippen LogP contribution < -0.4 is 4.74 Å². The maximum atomic E-state index is 6.25. The molecule has 3 aromatic carbocycles. The number of hydrogen-bond acceptors (Lipinski definition) is 6. The van der Waals surface area contributed by atoms with Gasteiger partial charge in [0.25, 0.3) is 0 Å². The fourth-order valence-corrected chi connectivity index (χ4v) is 4.69. The number of ether oxygens (including phenoxy) is 1. The third kappa shape index (κ3) is 2.75. The van der Waals surface area contributed by atoms with E-state index in [0.717, 1.165) is 39.0 Å². The first kappa shape index (κ1) is 19.1. The van der Waals surface area contributed by atoms with Crippen LogP contribution in [-0.2, 0) is 0 Å². The van der Waals surface area contributed by atoms with Crippen molar-refractivity contribution in [1.29, 1.82) is 0 Å². The second kappa shape index (κ2) is 7.13. The lowest BCUT2D eigenvalue weighted by atomic mass is 10.2. The highest BCUT2D eigenvalue weighted by Crippen LogP contribution is 2.34. The molecule has 0 aliphatic carbocycles. The van der Waals surface area contributed by atoms with Crippen molar-refractivity contribution >= 4 is 44.3 Å². The van der Waals surface area contributed by atoms with Crippen molar-refractivity contribution in [1.82, 2.24) is 19.6 Å². The number of fused-ring (bicyclic) bond motifs is 6. The minimum Gasteiger partial charge on any atom is -0.458 e. The van der Waals surface area contributed by atoms with Crippen molar-refractivity contribution < 1.29 is 18.0 Å². The summed E-state index contributed by atoms with van der Waals surface area (Å²) in [6.07, 6.45) is 5.03. The Kier molecular flexibility index (Phi) is 3.78. The summed E-state index contributed by atoms with van der Waals surface area (Å²) in [6, 6.07) is 25.3. The first-order valence-corrected chi connectivity index (χ1v) is 11.4. The Balaban J connectivity index is 1.17. The van der Waals surface area contributed by atoms with Crippen molar-refractivity contribution in [3.63, 3.8) is 0 Å². The summed E-state index contributed by atoms with van der Waals surface area (Å²) >= 11 is 0. The number of nitrogens with zero attached hydrogens (tertiary/aromatic N) is 4. The van der Waals surface area contributed by atoms with Gasteiger partial charge in [0.2, 0.25) is 0 Å². The van der Waals surface area contributed by atoms with Crippen molar-refractivity contribution in [2.24, 2.45) is 0 Å². The van der Waals surface area contributed by atoms with Gasteiger partial charge >= 0.3 is 0 Å². The molecule has 172 valence electrons. The van der Waals surface area contributed by atoms with Gasteiger partial charge in [0.15, 0.2) is 27.8 Å². The van der Waals surface area contributed by atoms with Crippen LogP contribution in [0.5, 0.6) is 11.5 Å². The lowest BCUT2D eigenvalue weighted by molar-refractivity contribution is 0.482. The van der Waals surface area contributed by atoms with E-state index in [1.807, 2.05) is 77.5 Å². The number of furan rings is 3. The first-order chi connectivity index (χ1) is 17.8. The predicted octanol–water partition coefficient (Wildman–Crippen LogP) is 7.24. The molecule has 36 heavy (non-hydrogen) atoms. The molecule has 8 heteroatoms. The molecule has 0 saturated heterocycles. The molecular weight excluding hydrogens is 456 g/mol. The molecule has 0 aliphatic heterocycles. The van der Waals surface area contributed by atoms with Crippen LogP contribution in [0.15, 0.2) is 111 Å². The molecule has 0 aliphatic rings. The number of benzene rings is 3. The van der Waals surface area contributed by atoms with Gasteiger partial charge in [-0.3, -0.25) is 0 Å². The molecule has 0 N–H and O–H groups in total. The second-order valence-corrected chi connectivity index (χ2v) is 8.45. The number of para-hydroxylation sites is 1. The number of rotatable bonds is 4. The Morgan fingerprint density at radius 1 is 0.611 bits per heavy atom. The Bertz CT molecular complexity index is 2050. The summed E-state index contributed by atoms with van der Waals surface area (Å²) in [5, 5.41) is 10.1. The molecule has 0 spiro atoms. The highest BCUT2D eigenvalue weighted by molar-refractivity contribution is 6.03. The summed E-state index contributed by atoms with van der Waals surface area (Å²) in [7, 11) is 0. The molecule has 0 radical (unpaired) electrons. The quantitative estimate of drug-likeness (QED) is 0.268. The van der Waals surface area contributed by atoms with E-state index in [1.54, 1.807) is 29.4 Å². The van der Waals surface area contributed by atoms with Crippen LogP contribution in [0.25, 0.3) is 55.7 Å². The van der Waals surface area contributed by atoms with Crippen molar-refractivity contribution in [2.45, 2.75) is 0 Å². The zero-order valence-corrected chi connectivity index (χ0v) is 18.7. The molecule has 0 fully saturated rings. The van der Waals surface area contributed by atoms with E-state index in [1.165, 1.54) is 0 Å². The molecular formula is C28H16N4O4. The molecule has 0 bridgehead atoms. The Morgan fingerprint density at radius 3 is 2.06 bits per heavy atom. The lowest BCUT2D eigenvalue weighted by Gasteiger charge is -2.10. The lowest BCUT2D eigenvalue weighted by Crippen LogP contribution is -1.97. The standard InChI is InChI=1S/C28H16N4O4/c1-2-10-22-21(9-1)26-24(35-22)15-29-31(26)17-5-3-7-19(13-17)34-20-8-4-6-18(14-20)32-27-25(16-30-32)36-23-11-12-33-28(23)27/h1-16H. The molecule has 8 aromatic rings. The monoisotopic (exact) mass is 472 g/mol. The third-order valence-electron chi connectivity index (χ3n) is 6.26. The molecule has 0 atom stereocenters. The Hall–Kier alpha value is -5.24. The topological polar surface area (TPSA) is 84.3 Å². The number of aromatic nitrogens is 4. The summed E-state index contributed by atoms with van der Waals surface area (Å²) in [6.45, 7) is 0. The van der Waals surface area contributed by atoms with Crippen LogP contribution >= 0.6 is 0 Å². The highest BCUT2D eigenvalue weighted by atomic mass is 16.5. The molecule has 8 nitrogen and oxygen atoms in total. The average Bonchev–Trinajstić information content (AvgIpc) is 3.69. The van der Waals surface area contributed by atoms with Gasteiger partial charge < -0.3 is 18.0 Å². The van der Waals surface area contributed by atoms with Crippen LogP contribution in [0.4, 0.5) is 0 Å². The van der Waals surface area contributed by atoms with Gasteiger partial charge in [0.05, 0.1) is 30.0 Å². The van der Waals surface area contributed by atoms with Gasteiger partial charge in [-0.1, -0.05) is 24.3 Å². The maximum absolute atomic E-state index is 6.25. The zero-order valence-electron chi connectivity index (χ0n) is 18.7. The molecule has 0 amide bonds. The maximum Gasteiger partial charge on any atom is 0.198 e. The van der Waals surface area contributed by atoms with E-state index < -0.39 is 0 Å². The van der Waals surface area contributed by atoms with Crippen LogP contribution in [0.1, 0.15) is 0 Å². The van der Waals surface area contributed by atoms with Gasteiger partial charge in [0.1, 0.15) is 22.6 Å². The summed E-state index contributed by atoms with van der Waals surface area (Å²) in [5.74, 6) is 1.36. The summed E-state index contributed by atoms with van der Waals surface area (Å²) < 4.78 is 27.3. The molecule has 5 heterocycles. The summed E-state index contributed by atoms with van der Waals surface area (Å²) in [5.41, 5.74) is 7.01. The van der Waals surface area contributed by atoms with Gasteiger partial charge in [-0.2, -0.15) is 10.2 Å². The van der Waals surface area contributed by atoms with Crippen molar-refractivity contribution in [2.75, 3.05) is 0 Å². The smallest absolute Gasteiger partial charge is 0.198 e. The van der Waals surface area contributed by atoms with E-state index in [4.69, 9.17) is 18.0 Å². The van der Waals surface area contributed by atoms with E-state index in [0.29, 0.717) is 28.2 Å². The molecule has 5 aromatic heterocycles. The van der Waals surface area contributed by atoms with Gasteiger partial charge in [-0.25, -0.2) is 9.36 Å². The molecule has 8 rings (SSSR count). The van der Waals surface area contributed by atoms with Crippen LogP contribution in [0, 0.1) is 0 Å². The highest BCUT2D eigenvalue weighted by Gasteiger charge is 2.17. The van der Waals surface area contributed by atoms with Crippen molar-refractivity contribution in [3.8, 4) is 22.9 Å². The van der Waals surface area contributed by atoms with E-state index in [2.05, 4.69) is 10.2 Å². The first-order valence-electron chi connectivity index (χ1n) is 11.4. The van der Waals surface area contributed by atoms with E-state index in [9.17, 15) is 0 Å². The summed E-state index contributed by atoms with van der Waals surface area (Å²) in [4.78, 5) is 0. The second-order valence-electron chi connectivity index (χ2n) is 8.45. The SMILES string of the molecule is c1cc(Oc2cccc(-n3ncc4oc5ccoc5c43)c2)cc(-n2ncc3oc4ccccc4c32)c1. The minimum atomic E-state index is 0.666. The van der Waals surface area contributed by atoms with Gasteiger partial charge in [-0.05, 0) is 36.4 Å². The van der Waals surface area contributed by atoms with Crippen molar-refractivity contribution in [3.05, 3.63) is 97.5 Å². The zero-order chi connectivity index (χ0) is 23.6. The largest absolute Gasteiger partial charge is 0.458 e. The average molecular weight is 472 g/mol. The fraction of sp³-hybridized carbons (Fsp3) is 0. The number of hydrogen-bond donors (Lipinski definition) is 0. The Morgan fingerprint density at radius 2 is 1.28 bits per heavy atom. The van der Waals surface area contributed by atoms with Gasteiger partial charge in [0, 0.05) is 23.6 Å². The Labute approximate surface area is 202 Å². The van der Waals surface area contributed by atoms with E-state index in [-0.39, 0.29) is 0 Å². The minimum absolute atomic E-state index is 0.666. The van der Waals surface area contributed by atoms with Crippen LogP contribution in [0.2, 0.25) is 0 Å².